The Morgan fingerprint density at radius 2 is 1.86 bits per heavy atom. The molecule has 0 fully saturated rings. The van der Waals surface area contributed by atoms with Gasteiger partial charge >= 0.3 is 0 Å². The maximum Gasteiger partial charge on any atom is 0.253 e. The molecule has 0 aliphatic rings. The fourth-order valence-corrected chi connectivity index (χ4v) is 1.77. The summed E-state index contributed by atoms with van der Waals surface area (Å²) in [6, 6.07) is 6.83. The maximum atomic E-state index is 11.8. The summed E-state index contributed by atoms with van der Waals surface area (Å²) in [5, 5.41) is 5.34. The lowest BCUT2D eigenvalue weighted by atomic mass is 10.1. The van der Waals surface area contributed by atoms with E-state index in [2.05, 4.69) is 20.6 Å². The third-order valence-corrected chi connectivity index (χ3v) is 2.90. The molecule has 6 heteroatoms. The van der Waals surface area contributed by atoms with Gasteiger partial charge < -0.3 is 10.6 Å². The minimum absolute atomic E-state index is 0.0850. The maximum absolute atomic E-state index is 11.8. The molecule has 0 radical (unpaired) electrons. The number of hydrogen-bond acceptors (Lipinski definition) is 4. The standard InChI is InChI=1S/C15H16N4O2/c1-11(12-4-2-6-16-8-12)19-14(20)10-18-15(21)13-5-3-7-17-9-13/h2-9,11H,10H2,1H3,(H,18,21)(H,19,20)/t11-/m0/s1. The predicted octanol–water partition coefficient (Wildman–Crippen LogP) is 1.08. The van der Waals surface area contributed by atoms with E-state index < -0.39 is 0 Å². The summed E-state index contributed by atoms with van der Waals surface area (Å²) in [4.78, 5) is 31.4. The Kier molecular flexibility index (Phi) is 4.98. The molecule has 2 aromatic rings. The monoisotopic (exact) mass is 284 g/mol. The topological polar surface area (TPSA) is 84.0 Å². The van der Waals surface area contributed by atoms with Crippen molar-refractivity contribution in [2.45, 2.75) is 13.0 Å². The van der Waals surface area contributed by atoms with Gasteiger partial charge in [-0.05, 0) is 30.7 Å². The number of nitrogens with zero attached hydrogens (tertiary/aromatic N) is 2. The minimum Gasteiger partial charge on any atom is -0.348 e. The number of carbonyl (C=O) groups excluding carboxylic acids is 2. The molecule has 6 nitrogen and oxygen atoms in total. The van der Waals surface area contributed by atoms with Crippen LogP contribution in [0.15, 0.2) is 49.1 Å². The molecule has 0 bridgehead atoms. The zero-order valence-electron chi connectivity index (χ0n) is 11.6. The Bertz CT molecular complexity index is 602. The molecule has 2 amide bonds. The molecule has 0 saturated heterocycles. The van der Waals surface area contributed by atoms with Crippen molar-refractivity contribution in [1.82, 2.24) is 20.6 Å². The van der Waals surface area contributed by atoms with Crippen molar-refractivity contribution < 1.29 is 9.59 Å². The Labute approximate surface area is 122 Å². The van der Waals surface area contributed by atoms with Crippen LogP contribution in [0.2, 0.25) is 0 Å². The highest BCUT2D eigenvalue weighted by Crippen LogP contribution is 2.09. The highest BCUT2D eigenvalue weighted by Gasteiger charge is 2.11. The average Bonchev–Trinajstić information content (AvgIpc) is 2.54. The first-order valence-electron chi connectivity index (χ1n) is 6.54. The van der Waals surface area contributed by atoms with Gasteiger partial charge in [-0.2, -0.15) is 0 Å². The number of pyridine rings is 2. The summed E-state index contributed by atoms with van der Waals surface area (Å²) in [6.07, 6.45) is 6.40. The molecule has 0 aromatic carbocycles. The van der Waals surface area contributed by atoms with Crippen molar-refractivity contribution in [2.24, 2.45) is 0 Å². The van der Waals surface area contributed by atoms with E-state index in [9.17, 15) is 9.59 Å². The summed E-state index contributed by atoms with van der Waals surface area (Å²) < 4.78 is 0. The molecule has 2 heterocycles. The lowest BCUT2D eigenvalue weighted by Gasteiger charge is -2.14. The Balaban J connectivity index is 1.81. The van der Waals surface area contributed by atoms with Gasteiger partial charge in [0, 0.05) is 24.8 Å². The van der Waals surface area contributed by atoms with E-state index in [1.807, 2.05) is 19.1 Å². The summed E-state index contributed by atoms with van der Waals surface area (Å²) >= 11 is 0. The second-order valence-electron chi connectivity index (χ2n) is 4.50. The highest BCUT2D eigenvalue weighted by molar-refractivity contribution is 5.96. The number of carbonyl (C=O) groups is 2. The van der Waals surface area contributed by atoms with Crippen molar-refractivity contribution in [2.75, 3.05) is 6.54 Å². The van der Waals surface area contributed by atoms with Gasteiger partial charge in [0.1, 0.15) is 0 Å². The number of rotatable bonds is 5. The minimum atomic E-state index is -0.327. The fourth-order valence-electron chi connectivity index (χ4n) is 1.77. The van der Waals surface area contributed by atoms with Gasteiger partial charge in [-0.3, -0.25) is 19.6 Å². The van der Waals surface area contributed by atoms with Crippen molar-refractivity contribution in [3.63, 3.8) is 0 Å². The lowest BCUT2D eigenvalue weighted by Crippen LogP contribution is -2.38. The van der Waals surface area contributed by atoms with Crippen LogP contribution < -0.4 is 10.6 Å². The number of aromatic nitrogens is 2. The summed E-state index contributed by atoms with van der Waals surface area (Å²) in [5.74, 6) is -0.587. The molecular formula is C15H16N4O2. The Morgan fingerprint density at radius 1 is 1.14 bits per heavy atom. The smallest absolute Gasteiger partial charge is 0.253 e. The van der Waals surface area contributed by atoms with E-state index in [0.29, 0.717) is 5.56 Å². The molecule has 0 aliphatic heterocycles. The molecular weight excluding hydrogens is 268 g/mol. The van der Waals surface area contributed by atoms with Crippen LogP contribution in [0.4, 0.5) is 0 Å². The van der Waals surface area contributed by atoms with Crippen molar-refractivity contribution >= 4 is 11.8 Å². The quantitative estimate of drug-likeness (QED) is 0.860. The average molecular weight is 284 g/mol. The van der Waals surface area contributed by atoms with E-state index >= 15 is 0 Å². The molecule has 0 unspecified atom stereocenters. The van der Waals surface area contributed by atoms with Crippen LogP contribution in [0.25, 0.3) is 0 Å². The molecule has 21 heavy (non-hydrogen) atoms. The first-order valence-corrected chi connectivity index (χ1v) is 6.54. The number of hydrogen-bond donors (Lipinski definition) is 2. The van der Waals surface area contributed by atoms with Gasteiger partial charge in [0.15, 0.2) is 0 Å². The third kappa shape index (κ3) is 4.38. The molecule has 2 rings (SSSR count). The summed E-state index contributed by atoms with van der Waals surface area (Å²) in [7, 11) is 0. The van der Waals surface area contributed by atoms with Gasteiger partial charge in [-0.1, -0.05) is 6.07 Å². The third-order valence-electron chi connectivity index (χ3n) is 2.90. The van der Waals surface area contributed by atoms with Crippen LogP contribution in [-0.4, -0.2) is 28.3 Å². The molecule has 1 atom stereocenters. The van der Waals surface area contributed by atoms with E-state index in [1.54, 1.807) is 30.7 Å². The first-order chi connectivity index (χ1) is 10.2. The largest absolute Gasteiger partial charge is 0.348 e. The second kappa shape index (κ2) is 7.14. The van der Waals surface area contributed by atoms with Crippen LogP contribution in [0.1, 0.15) is 28.9 Å². The fraction of sp³-hybridized carbons (Fsp3) is 0.200. The van der Waals surface area contributed by atoms with Gasteiger partial charge in [-0.15, -0.1) is 0 Å². The van der Waals surface area contributed by atoms with Gasteiger partial charge in [-0.25, -0.2) is 0 Å². The molecule has 2 aromatic heterocycles. The molecule has 0 saturated carbocycles. The summed E-state index contributed by atoms with van der Waals surface area (Å²) in [6.45, 7) is 1.77. The zero-order valence-corrected chi connectivity index (χ0v) is 11.6. The SMILES string of the molecule is C[C@H](NC(=O)CNC(=O)c1cccnc1)c1cccnc1. The van der Waals surface area contributed by atoms with E-state index in [-0.39, 0.29) is 24.4 Å². The number of nitrogens with one attached hydrogen (secondary N) is 2. The Morgan fingerprint density at radius 3 is 2.48 bits per heavy atom. The van der Waals surface area contributed by atoms with Crippen LogP contribution >= 0.6 is 0 Å². The lowest BCUT2D eigenvalue weighted by molar-refractivity contribution is -0.120. The van der Waals surface area contributed by atoms with E-state index in [0.717, 1.165) is 5.56 Å². The highest BCUT2D eigenvalue weighted by atomic mass is 16.2. The van der Waals surface area contributed by atoms with Gasteiger partial charge in [0.05, 0.1) is 18.2 Å². The van der Waals surface area contributed by atoms with Crippen LogP contribution in [0.5, 0.6) is 0 Å². The van der Waals surface area contributed by atoms with Crippen molar-refractivity contribution in [3.8, 4) is 0 Å². The summed E-state index contributed by atoms with van der Waals surface area (Å²) in [5.41, 5.74) is 1.33. The molecule has 108 valence electrons. The molecule has 2 N–H and O–H groups in total. The van der Waals surface area contributed by atoms with Crippen LogP contribution in [0.3, 0.4) is 0 Å². The van der Waals surface area contributed by atoms with E-state index in [4.69, 9.17) is 0 Å². The molecule has 0 aliphatic carbocycles. The first kappa shape index (κ1) is 14.6. The van der Waals surface area contributed by atoms with Gasteiger partial charge in [0.25, 0.3) is 5.91 Å². The van der Waals surface area contributed by atoms with Crippen LogP contribution in [-0.2, 0) is 4.79 Å². The van der Waals surface area contributed by atoms with Crippen LogP contribution in [0, 0.1) is 0 Å². The Hall–Kier alpha value is -2.76. The normalized spacial score (nSPS) is 11.5. The van der Waals surface area contributed by atoms with Crippen molar-refractivity contribution in [3.05, 3.63) is 60.2 Å². The number of amides is 2. The second-order valence-corrected chi connectivity index (χ2v) is 4.50. The molecule has 0 spiro atoms. The van der Waals surface area contributed by atoms with E-state index in [1.165, 1.54) is 6.20 Å². The zero-order chi connectivity index (χ0) is 15.1. The predicted molar refractivity (Wildman–Crippen MR) is 77.4 cm³/mol. The van der Waals surface area contributed by atoms with Crippen molar-refractivity contribution in [1.29, 1.82) is 0 Å². The van der Waals surface area contributed by atoms with Gasteiger partial charge in [0.2, 0.25) is 5.91 Å².